The first-order valence-electron chi connectivity index (χ1n) is 5.75. The standard InChI is InChI=1S/C13H12F2N2O3S/c1-20-12-7-8(5-6-9(12)14)17-21(18,19)13-10(15)3-2-4-11(13)16/h2-7,17H,16H2,1H3. The van der Waals surface area contributed by atoms with Gasteiger partial charge in [0.25, 0.3) is 10.0 Å². The Balaban J connectivity index is 2.43. The second-order valence-electron chi connectivity index (χ2n) is 4.11. The average Bonchev–Trinajstić information content (AvgIpc) is 2.40. The maximum absolute atomic E-state index is 13.7. The zero-order chi connectivity index (χ0) is 15.6. The molecule has 0 amide bonds. The molecule has 0 radical (unpaired) electrons. The van der Waals surface area contributed by atoms with Gasteiger partial charge in [0, 0.05) is 6.07 Å². The van der Waals surface area contributed by atoms with Crippen LogP contribution in [0.15, 0.2) is 41.3 Å². The summed E-state index contributed by atoms with van der Waals surface area (Å²) < 4.78 is 58.1. The maximum Gasteiger partial charge on any atom is 0.266 e. The number of methoxy groups -OCH3 is 1. The van der Waals surface area contributed by atoms with Crippen molar-refractivity contribution >= 4 is 21.4 Å². The second kappa shape index (κ2) is 5.57. The molecule has 8 heteroatoms. The molecule has 0 fully saturated rings. The highest BCUT2D eigenvalue weighted by Crippen LogP contribution is 2.27. The van der Waals surface area contributed by atoms with E-state index in [-0.39, 0.29) is 17.1 Å². The van der Waals surface area contributed by atoms with Crippen LogP contribution in [0.1, 0.15) is 0 Å². The summed E-state index contributed by atoms with van der Waals surface area (Å²) >= 11 is 0. The third-order valence-corrected chi connectivity index (χ3v) is 4.14. The predicted octanol–water partition coefficient (Wildman–Crippen LogP) is 2.36. The number of rotatable bonds is 4. The maximum atomic E-state index is 13.7. The molecule has 3 N–H and O–H groups in total. The van der Waals surface area contributed by atoms with Crippen LogP contribution in [0.3, 0.4) is 0 Å². The number of anilines is 2. The van der Waals surface area contributed by atoms with Gasteiger partial charge < -0.3 is 10.5 Å². The first-order valence-corrected chi connectivity index (χ1v) is 7.24. The van der Waals surface area contributed by atoms with E-state index in [1.807, 2.05) is 0 Å². The summed E-state index contributed by atoms with van der Waals surface area (Å²) in [5, 5.41) is 0. The Bertz CT molecular complexity index is 759. The fourth-order valence-electron chi connectivity index (χ4n) is 1.74. The molecule has 0 aliphatic carbocycles. The zero-order valence-corrected chi connectivity index (χ0v) is 11.7. The van der Waals surface area contributed by atoms with Gasteiger partial charge in [-0.2, -0.15) is 0 Å². The number of hydrogen-bond donors (Lipinski definition) is 2. The molecule has 112 valence electrons. The molecule has 0 unspecified atom stereocenters. The van der Waals surface area contributed by atoms with Gasteiger partial charge in [-0.3, -0.25) is 4.72 Å². The van der Waals surface area contributed by atoms with Crippen molar-refractivity contribution in [3.63, 3.8) is 0 Å². The number of nitrogens with one attached hydrogen (secondary N) is 1. The molecule has 0 atom stereocenters. The Kier molecular flexibility index (Phi) is 3.99. The lowest BCUT2D eigenvalue weighted by atomic mass is 10.3. The van der Waals surface area contributed by atoms with Crippen molar-refractivity contribution < 1.29 is 21.9 Å². The molecule has 2 aromatic rings. The van der Waals surface area contributed by atoms with Crippen molar-refractivity contribution in [2.45, 2.75) is 4.90 Å². The molecule has 0 spiro atoms. The highest BCUT2D eigenvalue weighted by Gasteiger charge is 2.22. The van der Waals surface area contributed by atoms with E-state index in [1.54, 1.807) is 0 Å². The lowest BCUT2D eigenvalue weighted by Crippen LogP contribution is -2.16. The van der Waals surface area contributed by atoms with E-state index in [4.69, 9.17) is 10.5 Å². The Labute approximate surface area is 120 Å². The molecule has 21 heavy (non-hydrogen) atoms. The summed E-state index contributed by atoms with van der Waals surface area (Å²) in [6.45, 7) is 0. The normalized spacial score (nSPS) is 11.2. The number of sulfonamides is 1. The van der Waals surface area contributed by atoms with Crippen molar-refractivity contribution in [2.75, 3.05) is 17.6 Å². The minimum atomic E-state index is -4.24. The summed E-state index contributed by atoms with van der Waals surface area (Å²) in [5.74, 6) is -1.76. The predicted molar refractivity (Wildman–Crippen MR) is 74.6 cm³/mol. The van der Waals surface area contributed by atoms with E-state index in [0.717, 1.165) is 18.2 Å². The molecule has 2 aromatic carbocycles. The minimum absolute atomic E-state index is 0.0240. The Morgan fingerprint density at radius 2 is 1.86 bits per heavy atom. The van der Waals surface area contributed by atoms with Crippen LogP contribution in [-0.2, 0) is 10.0 Å². The molecule has 2 rings (SSSR count). The molecule has 0 saturated heterocycles. The van der Waals surface area contributed by atoms with Crippen LogP contribution in [-0.4, -0.2) is 15.5 Å². The summed E-state index contributed by atoms with van der Waals surface area (Å²) in [5.41, 5.74) is 5.30. The second-order valence-corrected chi connectivity index (χ2v) is 5.73. The highest BCUT2D eigenvalue weighted by molar-refractivity contribution is 7.92. The Hall–Kier alpha value is -2.35. The fraction of sp³-hybridized carbons (Fsp3) is 0.0769. The summed E-state index contributed by atoms with van der Waals surface area (Å²) in [7, 11) is -3.00. The summed E-state index contributed by atoms with van der Waals surface area (Å²) in [4.78, 5) is -0.659. The van der Waals surface area contributed by atoms with E-state index in [1.165, 1.54) is 25.3 Å². The quantitative estimate of drug-likeness (QED) is 0.849. The fourth-order valence-corrected chi connectivity index (χ4v) is 2.98. The molecule has 0 aliphatic rings. The molecular formula is C13H12F2N2O3S. The number of ether oxygens (including phenoxy) is 1. The first kappa shape index (κ1) is 15.0. The largest absolute Gasteiger partial charge is 0.494 e. The smallest absolute Gasteiger partial charge is 0.266 e. The van der Waals surface area contributed by atoms with E-state index >= 15 is 0 Å². The summed E-state index contributed by atoms with van der Waals surface area (Å²) in [6, 6.07) is 6.90. The van der Waals surface area contributed by atoms with Gasteiger partial charge in [0.2, 0.25) is 0 Å². The first-order chi connectivity index (χ1) is 9.85. The number of benzene rings is 2. The number of hydrogen-bond acceptors (Lipinski definition) is 4. The van der Waals surface area contributed by atoms with Gasteiger partial charge in [-0.25, -0.2) is 17.2 Å². The molecule has 0 aromatic heterocycles. The number of halogens is 2. The molecule has 0 bridgehead atoms. The lowest BCUT2D eigenvalue weighted by Gasteiger charge is -2.12. The van der Waals surface area contributed by atoms with Gasteiger partial charge in [-0.15, -0.1) is 0 Å². The van der Waals surface area contributed by atoms with Gasteiger partial charge in [-0.1, -0.05) is 6.07 Å². The third-order valence-electron chi connectivity index (χ3n) is 2.67. The third kappa shape index (κ3) is 3.05. The van der Waals surface area contributed by atoms with Gasteiger partial charge in [-0.05, 0) is 24.3 Å². The number of nitrogens with two attached hydrogens (primary N) is 1. The molecule has 5 nitrogen and oxygen atoms in total. The zero-order valence-electron chi connectivity index (χ0n) is 10.9. The van der Waals surface area contributed by atoms with Crippen molar-refractivity contribution in [3.05, 3.63) is 48.0 Å². The molecule has 0 saturated carbocycles. The average molecular weight is 314 g/mol. The van der Waals surface area contributed by atoms with Crippen molar-refractivity contribution in [1.82, 2.24) is 0 Å². The van der Waals surface area contributed by atoms with E-state index in [2.05, 4.69) is 4.72 Å². The van der Waals surface area contributed by atoms with Crippen LogP contribution >= 0.6 is 0 Å². The van der Waals surface area contributed by atoms with Crippen LogP contribution in [0.25, 0.3) is 0 Å². The minimum Gasteiger partial charge on any atom is -0.494 e. The van der Waals surface area contributed by atoms with Crippen LogP contribution in [0, 0.1) is 11.6 Å². The molecule has 0 heterocycles. The van der Waals surface area contributed by atoms with Gasteiger partial charge >= 0.3 is 0 Å². The van der Waals surface area contributed by atoms with E-state index in [0.29, 0.717) is 0 Å². The van der Waals surface area contributed by atoms with Gasteiger partial charge in [0.15, 0.2) is 11.6 Å². The topological polar surface area (TPSA) is 81.4 Å². The Morgan fingerprint density at radius 1 is 1.14 bits per heavy atom. The Morgan fingerprint density at radius 3 is 2.48 bits per heavy atom. The van der Waals surface area contributed by atoms with Crippen molar-refractivity contribution in [1.29, 1.82) is 0 Å². The van der Waals surface area contributed by atoms with Crippen LogP contribution in [0.4, 0.5) is 20.2 Å². The SMILES string of the molecule is COc1cc(NS(=O)(=O)c2c(N)cccc2F)ccc1F. The van der Waals surface area contributed by atoms with E-state index in [9.17, 15) is 17.2 Å². The highest BCUT2D eigenvalue weighted by atomic mass is 32.2. The van der Waals surface area contributed by atoms with Crippen molar-refractivity contribution in [3.8, 4) is 5.75 Å². The summed E-state index contributed by atoms with van der Waals surface area (Å²) in [6.07, 6.45) is 0. The van der Waals surface area contributed by atoms with Gasteiger partial charge in [0.05, 0.1) is 18.5 Å². The van der Waals surface area contributed by atoms with Crippen LogP contribution in [0.2, 0.25) is 0 Å². The van der Waals surface area contributed by atoms with Crippen LogP contribution in [0.5, 0.6) is 5.75 Å². The molecular weight excluding hydrogens is 302 g/mol. The van der Waals surface area contributed by atoms with Crippen LogP contribution < -0.4 is 15.2 Å². The lowest BCUT2D eigenvalue weighted by molar-refractivity contribution is 0.387. The van der Waals surface area contributed by atoms with Gasteiger partial charge in [0.1, 0.15) is 10.7 Å². The monoisotopic (exact) mass is 314 g/mol. The molecule has 0 aliphatic heterocycles. The van der Waals surface area contributed by atoms with E-state index < -0.39 is 26.6 Å². The van der Waals surface area contributed by atoms with Crippen molar-refractivity contribution in [2.24, 2.45) is 0 Å². The number of nitrogen functional groups attached to an aromatic ring is 1.